The summed E-state index contributed by atoms with van der Waals surface area (Å²) in [4.78, 5) is 73.5. The van der Waals surface area contributed by atoms with Gasteiger partial charge in [0.15, 0.2) is 5.75 Å². The summed E-state index contributed by atoms with van der Waals surface area (Å²) in [6, 6.07) is 3.43. The van der Waals surface area contributed by atoms with Crippen LogP contribution >= 0.6 is 0 Å². The van der Waals surface area contributed by atoms with E-state index in [2.05, 4.69) is 27.8 Å². The van der Waals surface area contributed by atoms with Gasteiger partial charge in [0.25, 0.3) is 5.91 Å². The van der Waals surface area contributed by atoms with E-state index in [0.717, 1.165) is 0 Å². The Balaban J connectivity index is 2.19. The van der Waals surface area contributed by atoms with Crippen LogP contribution in [-0.4, -0.2) is 87.4 Å². The van der Waals surface area contributed by atoms with E-state index in [1.54, 1.807) is 26.8 Å². The Labute approximate surface area is 255 Å². The van der Waals surface area contributed by atoms with E-state index in [4.69, 9.17) is 23.7 Å². The minimum Gasteiger partial charge on any atom is -0.467 e. The number of nitrogens with one attached hydrogen (secondary N) is 3. The average Bonchev–Trinajstić information content (AvgIpc) is 2.94. The second-order valence-electron chi connectivity index (χ2n) is 10.5. The van der Waals surface area contributed by atoms with Gasteiger partial charge in [-0.25, -0.2) is 9.59 Å². The van der Waals surface area contributed by atoms with E-state index in [-0.39, 0.29) is 70.1 Å². The molecule has 3 amide bonds. The Morgan fingerprint density at radius 2 is 1.73 bits per heavy atom. The van der Waals surface area contributed by atoms with Crippen LogP contribution in [0.5, 0.6) is 5.75 Å². The second-order valence-corrected chi connectivity index (χ2v) is 10.5. The van der Waals surface area contributed by atoms with Crippen molar-refractivity contribution >= 4 is 41.3 Å². The number of hydrogen-bond donors (Lipinski definition) is 3. The van der Waals surface area contributed by atoms with Gasteiger partial charge in [0, 0.05) is 31.9 Å². The predicted octanol–water partition coefficient (Wildman–Crippen LogP) is 1.44. The van der Waals surface area contributed by atoms with Gasteiger partial charge in [-0.15, -0.1) is 0 Å². The molecule has 1 aliphatic rings. The maximum atomic E-state index is 12.7. The van der Waals surface area contributed by atoms with Crippen LogP contribution in [0, 0.1) is 11.8 Å². The lowest BCUT2D eigenvalue weighted by molar-refractivity contribution is -0.143. The highest BCUT2D eigenvalue weighted by Crippen LogP contribution is 2.27. The molecule has 0 saturated carbocycles. The number of benzene rings is 1. The number of carbonyl (C=O) groups is 6. The first-order valence-corrected chi connectivity index (χ1v) is 14.0. The zero-order valence-corrected chi connectivity index (χ0v) is 25.4. The van der Waals surface area contributed by atoms with Crippen LogP contribution < -0.4 is 20.7 Å². The third-order valence-electron chi connectivity index (χ3n) is 5.62. The molecule has 1 aromatic carbocycles. The molecule has 1 aromatic rings. The minimum absolute atomic E-state index is 0.0161. The fourth-order valence-corrected chi connectivity index (χ4v) is 3.63. The number of rotatable bonds is 4. The zero-order valence-electron chi connectivity index (χ0n) is 25.4. The summed E-state index contributed by atoms with van der Waals surface area (Å²) in [5.74, 6) is 1.67. The molecule has 3 N–H and O–H groups in total. The van der Waals surface area contributed by atoms with Crippen molar-refractivity contribution in [2.75, 3.05) is 45.4 Å². The summed E-state index contributed by atoms with van der Waals surface area (Å²) in [5, 5.41) is 7.67. The first-order chi connectivity index (χ1) is 20.9. The molecule has 0 aromatic heterocycles. The van der Waals surface area contributed by atoms with Crippen LogP contribution in [0.3, 0.4) is 0 Å². The molecule has 1 heterocycles. The first-order valence-electron chi connectivity index (χ1n) is 14.0. The molecule has 0 fully saturated rings. The number of fused-ring (bicyclic) bond motifs is 1. The van der Waals surface area contributed by atoms with E-state index < -0.39 is 47.3 Å². The van der Waals surface area contributed by atoms with Gasteiger partial charge in [0.05, 0.1) is 45.5 Å². The van der Waals surface area contributed by atoms with Gasteiger partial charge in [0.2, 0.25) is 11.7 Å². The molecule has 14 nitrogen and oxygen atoms in total. The quantitative estimate of drug-likeness (QED) is 0.192. The number of carbonyl (C=O) groups excluding carboxylic acids is 6. The normalized spacial score (nSPS) is 17.0. The lowest BCUT2D eigenvalue weighted by Gasteiger charge is -2.23. The van der Waals surface area contributed by atoms with Gasteiger partial charge in [-0.2, -0.15) is 0 Å². The summed E-state index contributed by atoms with van der Waals surface area (Å²) < 4.78 is 26.3. The molecule has 0 saturated heterocycles. The number of amides is 3. The van der Waals surface area contributed by atoms with E-state index in [1.165, 1.54) is 19.2 Å². The van der Waals surface area contributed by atoms with Crippen LogP contribution in [-0.2, 0) is 49.3 Å². The molecule has 0 unspecified atom stereocenters. The lowest BCUT2D eigenvalue weighted by Crippen LogP contribution is -2.45. The second kappa shape index (κ2) is 18.2. The van der Waals surface area contributed by atoms with Gasteiger partial charge in [-0.3, -0.25) is 19.2 Å². The first kappa shape index (κ1) is 35.7. The molecule has 0 bridgehead atoms. The predicted molar refractivity (Wildman–Crippen MR) is 155 cm³/mol. The van der Waals surface area contributed by atoms with Gasteiger partial charge in [0.1, 0.15) is 11.6 Å². The molecule has 1 aliphatic heterocycles. The highest BCUT2D eigenvalue weighted by molar-refractivity contribution is 6.03. The zero-order chi connectivity index (χ0) is 32.5. The fourth-order valence-electron chi connectivity index (χ4n) is 3.63. The van der Waals surface area contributed by atoms with Crippen molar-refractivity contribution in [1.82, 2.24) is 10.6 Å². The van der Waals surface area contributed by atoms with Crippen LogP contribution in [0.1, 0.15) is 52.0 Å². The maximum Gasteiger partial charge on any atom is 0.408 e. The third-order valence-corrected chi connectivity index (χ3v) is 5.62. The molecular weight excluding hydrogens is 578 g/mol. The summed E-state index contributed by atoms with van der Waals surface area (Å²) in [6.45, 7) is 5.50. The summed E-state index contributed by atoms with van der Waals surface area (Å²) in [7, 11) is 1.18. The Hall–Kier alpha value is -4.48. The Bertz CT molecular complexity index is 1260. The van der Waals surface area contributed by atoms with Crippen molar-refractivity contribution in [1.29, 1.82) is 0 Å². The fraction of sp³-hybridized carbons (Fsp3) is 0.533. The molecular formula is C30H39N3O11. The largest absolute Gasteiger partial charge is 0.467 e. The molecule has 0 aliphatic carbocycles. The monoisotopic (exact) mass is 617 g/mol. The number of methoxy groups -OCH3 is 1. The van der Waals surface area contributed by atoms with Crippen molar-refractivity contribution < 1.29 is 52.5 Å². The number of ketones is 1. The number of alkyl carbamates (subject to hydrolysis) is 1. The number of ether oxygens (including phenoxy) is 5. The molecule has 0 radical (unpaired) electrons. The van der Waals surface area contributed by atoms with E-state index in [1.807, 2.05) is 0 Å². The molecule has 0 spiro atoms. The van der Waals surface area contributed by atoms with Crippen molar-refractivity contribution in [2.24, 2.45) is 0 Å². The molecule has 1 atom stereocenters. The summed E-state index contributed by atoms with van der Waals surface area (Å²) >= 11 is 0. The van der Waals surface area contributed by atoms with Crippen LogP contribution in [0.4, 0.5) is 10.5 Å². The lowest BCUT2D eigenvalue weighted by atomic mass is 10.0. The highest BCUT2D eigenvalue weighted by Gasteiger charge is 2.26. The third kappa shape index (κ3) is 14.6. The van der Waals surface area contributed by atoms with Crippen molar-refractivity contribution in [3.05, 3.63) is 23.8 Å². The molecule has 2 rings (SSSR count). The van der Waals surface area contributed by atoms with E-state index in [0.29, 0.717) is 12.0 Å². The summed E-state index contributed by atoms with van der Waals surface area (Å²) in [6.07, 6.45) is -0.581. The summed E-state index contributed by atoms with van der Waals surface area (Å²) in [5.41, 5.74) is -0.145. The molecule has 240 valence electrons. The van der Waals surface area contributed by atoms with E-state index in [9.17, 15) is 28.8 Å². The van der Waals surface area contributed by atoms with Gasteiger partial charge >= 0.3 is 18.0 Å². The van der Waals surface area contributed by atoms with Crippen molar-refractivity contribution in [2.45, 2.75) is 64.5 Å². The standard InChI is InChI=1S/C30H39N3O11/c1-30(2,3)44-29(39)33-23(28(38)40-4)19-20-7-9-24-22(18-20)32-26(36)11-15-42-17-13-31-25(35)10-8-21(34)6-5-14-41-16-12-27(37)43-24/h7,9,18,23H,5-6,11-17,19H2,1-4H3,(H,31,35)(H,32,36)(H,33,39)/t23-/m0/s1. The Kier molecular flexibility index (Phi) is 14.8. The number of esters is 2. The number of anilines is 1. The van der Waals surface area contributed by atoms with Crippen molar-refractivity contribution in [3.63, 3.8) is 0 Å². The van der Waals surface area contributed by atoms with E-state index >= 15 is 0 Å². The minimum atomic E-state index is -1.11. The smallest absolute Gasteiger partial charge is 0.408 e. The average molecular weight is 618 g/mol. The molecule has 14 heteroatoms. The SMILES string of the molecule is COC(=O)[C@H](Cc1ccc2c(c1)NC(=O)CCOCCNC(=O)C#CC(=O)CCCOCCC(=O)O2)NC(=O)OC(C)(C)C. The van der Waals surface area contributed by atoms with Crippen LogP contribution in [0.25, 0.3) is 0 Å². The molecule has 44 heavy (non-hydrogen) atoms. The number of hydrogen-bond acceptors (Lipinski definition) is 11. The van der Waals surface area contributed by atoms with Gasteiger partial charge in [-0.1, -0.05) is 6.07 Å². The van der Waals surface area contributed by atoms with Crippen LogP contribution in [0.15, 0.2) is 18.2 Å². The van der Waals surface area contributed by atoms with Crippen molar-refractivity contribution in [3.8, 4) is 17.6 Å². The topological polar surface area (TPSA) is 185 Å². The highest BCUT2D eigenvalue weighted by atomic mass is 16.6. The Morgan fingerprint density at radius 3 is 2.45 bits per heavy atom. The Morgan fingerprint density at radius 1 is 1.00 bits per heavy atom. The van der Waals surface area contributed by atoms with Crippen LogP contribution in [0.2, 0.25) is 0 Å². The number of Topliss-reactive ketones (excluding diaryl/α,β-unsaturated/α-hetero) is 1. The maximum absolute atomic E-state index is 12.7. The van der Waals surface area contributed by atoms with Gasteiger partial charge in [-0.05, 0) is 50.8 Å². The van der Waals surface area contributed by atoms with Gasteiger partial charge < -0.3 is 39.6 Å².